The summed E-state index contributed by atoms with van der Waals surface area (Å²) in [6, 6.07) is 17.7. The summed E-state index contributed by atoms with van der Waals surface area (Å²) in [5.74, 6) is -0.142. The van der Waals surface area contributed by atoms with Crippen LogP contribution in [-0.4, -0.2) is 34.1 Å². The summed E-state index contributed by atoms with van der Waals surface area (Å²) < 4.78 is 5.39. The van der Waals surface area contributed by atoms with Gasteiger partial charge in [-0.25, -0.2) is 4.79 Å². The molecule has 1 atom stereocenters. The quantitative estimate of drug-likeness (QED) is 0.344. The number of carbonyl (C=O) groups excluding carboxylic acids is 2. The molecule has 0 aliphatic carbocycles. The van der Waals surface area contributed by atoms with E-state index in [-0.39, 0.29) is 12.5 Å². The van der Waals surface area contributed by atoms with Crippen molar-refractivity contribution in [2.24, 2.45) is 0 Å². The Labute approximate surface area is 187 Å². The highest BCUT2D eigenvalue weighted by atomic mass is 32.2. The molecular weight excluding hydrogens is 440 g/mol. The number of thioether (sulfide) groups is 1. The maximum Gasteiger partial charge on any atom is 0.413 e. The van der Waals surface area contributed by atoms with Crippen molar-refractivity contribution >= 4 is 57.7 Å². The van der Waals surface area contributed by atoms with Crippen LogP contribution in [0, 0.1) is 0 Å². The van der Waals surface area contributed by atoms with Gasteiger partial charge in [0.2, 0.25) is 11.0 Å². The number of para-hydroxylation sites is 1. The molecule has 7 nitrogen and oxygen atoms in total. The van der Waals surface area contributed by atoms with Gasteiger partial charge in [0.15, 0.2) is 4.34 Å². The molecule has 1 unspecified atom stereocenters. The van der Waals surface area contributed by atoms with E-state index in [1.165, 1.54) is 23.1 Å². The fraction of sp³-hybridized carbons (Fsp3) is 0.200. The van der Waals surface area contributed by atoms with Crippen LogP contribution >= 0.6 is 34.9 Å². The van der Waals surface area contributed by atoms with Crippen LogP contribution in [0.1, 0.15) is 13.8 Å². The van der Waals surface area contributed by atoms with Gasteiger partial charge < -0.3 is 10.1 Å². The molecule has 0 bridgehead atoms. The molecule has 0 saturated heterocycles. The number of amides is 2. The lowest BCUT2D eigenvalue weighted by Gasteiger charge is -2.13. The zero-order valence-corrected chi connectivity index (χ0v) is 18.8. The first-order valence-electron chi connectivity index (χ1n) is 9.12. The number of anilines is 2. The topological polar surface area (TPSA) is 93.2 Å². The van der Waals surface area contributed by atoms with Gasteiger partial charge in [-0.05, 0) is 38.1 Å². The monoisotopic (exact) mass is 460 g/mol. The summed E-state index contributed by atoms with van der Waals surface area (Å²) in [6.45, 7) is 3.79. The summed E-state index contributed by atoms with van der Waals surface area (Å²) in [6.07, 6.45) is -0.580. The van der Waals surface area contributed by atoms with E-state index >= 15 is 0 Å². The van der Waals surface area contributed by atoms with Crippen molar-refractivity contribution in [1.29, 1.82) is 0 Å². The first kappa shape index (κ1) is 22.1. The molecule has 0 spiro atoms. The van der Waals surface area contributed by atoms with E-state index in [0.717, 1.165) is 15.5 Å². The Kier molecular flexibility index (Phi) is 8.12. The van der Waals surface area contributed by atoms with Gasteiger partial charge in [0.05, 0.1) is 17.5 Å². The number of nitrogens with one attached hydrogen (secondary N) is 2. The van der Waals surface area contributed by atoms with Gasteiger partial charge in [-0.15, -0.1) is 10.2 Å². The number of aromatic nitrogens is 2. The number of ether oxygens (including phenoxy) is 1. The average Bonchev–Trinajstić information content (AvgIpc) is 3.17. The average molecular weight is 461 g/mol. The molecule has 2 N–H and O–H groups in total. The summed E-state index contributed by atoms with van der Waals surface area (Å²) in [4.78, 5) is 26.2. The van der Waals surface area contributed by atoms with Crippen molar-refractivity contribution in [2.75, 3.05) is 17.2 Å². The van der Waals surface area contributed by atoms with E-state index in [4.69, 9.17) is 4.74 Å². The van der Waals surface area contributed by atoms with Gasteiger partial charge in [0.1, 0.15) is 0 Å². The highest BCUT2D eigenvalue weighted by Gasteiger charge is 2.19. The van der Waals surface area contributed by atoms with Crippen LogP contribution in [0.5, 0.6) is 0 Å². The lowest BCUT2D eigenvalue weighted by molar-refractivity contribution is -0.115. The predicted octanol–water partition coefficient (Wildman–Crippen LogP) is 5.38. The standard InChI is InChI=1S/C20H20N4O3S3/c1-3-27-19(26)22-18-23-24-20(30-18)28-13(2)17(25)21-15-11-7-8-12-16(15)29-14-9-5-4-6-10-14/h4-13H,3H2,1-2H3,(H,21,25)(H,22,23,26). The molecule has 0 aliphatic rings. The lowest BCUT2D eigenvalue weighted by Crippen LogP contribution is -2.22. The molecule has 0 aliphatic heterocycles. The Balaban J connectivity index is 1.60. The summed E-state index contributed by atoms with van der Waals surface area (Å²) in [7, 11) is 0. The Morgan fingerprint density at radius 3 is 2.57 bits per heavy atom. The maximum atomic E-state index is 12.7. The Bertz CT molecular complexity index is 998. The molecule has 2 amide bonds. The maximum absolute atomic E-state index is 12.7. The smallest absolute Gasteiger partial charge is 0.413 e. The van der Waals surface area contributed by atoms with Crippen molar-refractivity contribution in [3.63, 3.8) is 0 Å². The molecule has 10 heteroatoms. The molecular formula is C20H20N4O3S3. The fourth-order valence-electron chi connectivity index (χ4n) is 2.28. The molecule has 156 valence electrons. The van der Waals surface area contributed by atoms with E-state index in [1.54, 1.807) is 25.6 Å². The minimum absolute atomic E-state index is 0.142. The number of hydrogen-bond acceptors (Lipinski definition) is 8. The van der Waals surface area contributed by atoms with Crippen LogP contribution in [0.4, 0.5) is 15.6 Å². The predicted molar refractivity (Wildman–Crippen MR) is 122 cm³/mol. The number of rotatable bonds is 8. The Hall–Kier alpha value is -2.56. The molecule has 0 saturated carbocycles. The second-order valence-electron chi connectivity index (χ2n) is 5.88. The zero-order valence-electron chi connectivity index (χ0n) is 16.3. The summed E-state index contributed by atoms with van der Waals surface area (Å²) in [5.41, 5.74) is 0.755. The van der Waals surface area contributed by atoms with Gasteiger partial charge in [-0.2, -0.15) is 0 Å². The van der Waals surface area contributed by atoms with E-state index < -0.39 is 11.3 Å². The third kappa shape index (κ3) is 6.48. The minimum Gasteiger partial charge on any atom is -0.450 e. The summed E-state index contributed by atoms with van der Waals surface area (Å²) in [5, 5.41) is 13.3. The number of carbonyl (C=O) groups is 2. The van der Waals surface area contributed by atoms with Gasteiger partial charge in [0.25, 0.3) is 0 Å². The molecule has 3 rings (SSSR count). The molecule has 2 aromatic carbocycles. The van der Waals surface area contributed by atoms with Crippen LogP contribution in [0.2, 0.25) is 0 Å². The van der Waals surface area contributed by atoms with Crippen LogP contribution < -0.4 is 10.6 Å². The van der Waals surface area contributed by atoms with E-state index in [1.807, 2.05) is 54.6 Å². The zero-order chi connectivity index (χ0) is 21.3. The van der Waals surface area contributed by atoms with Crippen molar-refractivity contribution < 1.29 is 14.3 Å². The fourth-order valence-corrected chi connectivity index (χ4v) is 5.08. The van der Waals surface area contributed by atoms with Crippen LogP contribution in [0.3, 0.4) is 0 Å². The number of nitrogens with zero attached hydrogens (tertiary/aromatic N) is 2. The Morgan fingerprint density at radius 1 is 1.07 bits per heavy atom. The highest BCUT2D eigenvalue weighted by Crippen LogP contribution is 2.34. The van der Waals surface area contributed by atoms with Gasteiger partial charge in [0, 0.05) is 9.79 Å². The molecule has 0 fully saturated rings. The Morgan fingerprint density at radius 2 is 1.80 bits per heavy atom. The highest BCUT2D eigenvalue weighted by molar-refractivity contribution is 8.02. The van der Waals surface area contributed by atoms with Crippen LogP contribution in [0.25, 0.3) is 0 Å². The third-order valence-electron chi connectivity index (χ3n) is 3.65. The van der Waals surface area contributed by atoms with Crippen LogP contribution in [-0.2, 0) is 9.53 Å². The third-order valence-corrected chi connectivity index (χ3v) is 6.76. The van der Waals surface area contributed by atoms with Gasteiger partial charge in [-0.3, -0.25) is 10.1 Å². The van der Waals surface area contributed by atoms with E-state index in [9.17, 15) is 9.59 Å². The number of benzene rings is 2. The second kappa shape index (κ2) is 11.0. The first-order valence-corrected chi connectivity index (χ1v) is 11.6. The van der Waals surface area contributed by atoms with Gasteiger partial charge in [-0.1, -0.05) is 65.2 Å². The van der Waals surface area contributed by atoms with Crippen molar-refractivity contribution in [3.8, 4) is 0 Å². The van der Waals surface area contributed by atoms with Crippen molar-refractivity contribution in [2.45, 2.75) is 33.2 Å². The van der Waals surface area contributed by atoms with Crippen molar-refractivity contribution in [3.05, 3.63) is 54.6 Å². The molecule has 0 radical (unpaired) electrons. The van der Waals surface area contributed by atoms with Crippen LogP contribution in [0.15, 0.2) is 68.7 Å². The molecule has 3 aromatic rings. The van der Waals surface area contributed by atoms with Crippen molar-refractivity contribution in [1.82, 2.24) is 10.2 Å². The molecule has 30 heavy (non-hydrogen) atoms. The normalized spacial score (nSPS) is 11.5. The molecule has 1 heterocycles. The minimum atomic E-state index is -0.580. The largest absolute Gasteiger partial charge is 0.450 e. The summed E-state index contributed by atoms with van der Waals surface area (Å²) >= 11 is 4.06. The number of hydrogen-bond donors (Lipinski definition) is 2. The van der Waals surface area contributed by atoms with E-state index in [2.05, 4.69) is 20.8 Å². The SMILES string of the molecule is CCOC(=O)Nc1nnc(SC(C)C(=O)Nc2ccccc2Sc2ccccc2)s1. The second-order valence-corrected chi connectivity index (χ2v) is 9.56. The lowest BCUT2D eigenvalue weighted by atomic mass is 10.3. The van der Waals surface area contributed by atoms with E-state index in [0.29, 0.717) is 9.47 Å². The first-order chi connectivity index (χ1) is 14.5. The van der Waals surface area contributed by atoms with Gasteiger partial charge >= 0.3 is 6.09 Å². The molecule has 1 aromatic heterocycles.